The summed E-state index contributed by atoms with van der Waals surface area (Å²) in [5, 5.41) is 11.0. The molecule has 0 bridgehead atoms. The number of fused-ring (bicyclic) bond motifs is 2. The number of aromatic nitrogens is 4. The number of benzene rings is 2. The molecule has 0 aliphatic heterocycles. The van der Waals surface area contributed by atoms with Crippen molar-refractivity contribution in [2.75, 3.05) is 0 Å². The van der Waals surface area contributed by atoms with Crippen molar-refractivity contribution >= 4 is 22.1 Å². The van der Waals surface area contributed by atoms with Gasteiger partial charge >= 0.3 is 0 Å². The van der Waals surface area contributed by atoms with Crippen LogP contribution in [0.25, 0.3) is 44.6 Å². The Labute approximate surface area is 170 Å². The second-order valence-corrected chi connectivity index (χ2v) is 6.93. The number of nitrogens with two attached hydrogens (primary N) is 1. The number of nitrogens with zero attached hydrogens (tertiary/aromatic N) is 3. The minimum Gasteiger partial charge on any atom is -0.374 e. The number of H-pyrrole nitrogens is 1. The highest BCUT2D eigenvalue weighted by atomic mass is 16.3. The maximum Gasteiger partial charge on any atom is 0.250 e. The standard InChI is InChI=1S/C23H17N5O2/c24-22(30)16-12-18(29)26-23-21(16)27-20(19(28-23)13-5-2-1-3-6-13)15-8-9-17-14(11-15)7-4-10-25-17/h1-12,22,30H,24H2,(H,26,28,29). The number of aliphatic hydroxyl groups is 1. The molecule has 7 nitrogen and oxygen atoms in total. The van der Waals surface area contributed by atoms with Crippen LogP contribution in [0.3, 0.4) is 0 Å². The Hall–Kier alpha value is -3.94. The highest BCUT2D eigenvalue weighted by Gasteiger charge is 2.18. The molecule has 5 rings (SSSR count). The van der Waals surface area contributed by atoms with E-state index in [1.54, 1.807) is 6.20 Å². The second-order valence-electron chi connectivity index (χ2n) is 6.93. The first-order chi connectivity index (χ1) is 14.6. The molecule has 0 aliphatic rings. The number of rotatable bonds is 3. The van der Waals surface area contributed by atoms with Gasteiger partial charge in [0.25, 0.3) is 0 Å². The number of nitrogens with one attached hydrogen (secondary N) is 1. The van der Waals surface area contributed by atoms with E-state index in [2.05, 4.69) is 9.97 Å². The third-order valence-corrected chi connectivity index (χ3v) is 4.94. The second kappa shape index (κ2) is 7.14. The van der Waals surface area contributed by atoms with Crippen molar-refractivity contribution < 1.29 is 5.11 Å². The lowest BCUT2D eigenvalue weighted by molar-refractivity contribution is 0.187. The lowest BCUT2D eigenvalue weighted by Crippen LogP contribution is -2.16. The molecule has 4 N–H and O–H groups in total. The zero-order valence-corrected chi connectivity index (χ0v) is 15.8. The fraction of sp³-hybridized carbons (Fsp3) is 0.0435. The van der Waals surface area contributed by atoms with Crippen molar-refractivity contribution in [2.45, 2.75) is 6.23 Å². The van der Waals surface area contributed by atoms with Crippen molar-refractivity contribution in [1.82, 2.24) is 19.9 Å². The van der Waals surface area contributed by atoms with E-state index in [1.807, 2.05) is 60.7 Å². The molecule has 0 saturated heterocycles. The first-order valence-corrected chi connectivity index (χ1v) is 9.39. The van der Waals surface area contributed by atoms with Crippen LogP contribution in [0, 0.1) is 0 Å². The summed E-state index contributed by atoms with van der Waals surface area (Å²) in [5.41, 5.74) is 9.94. The lowest BCUT2D eigenvalue weighted by atomic mass is 10.0. The molecular weight excluding hydrogens is 378 g/mol. The Balaban J connectivity index is 1.86. The molecule has 30 heavy (non-hydrogen) atoms. The fourth-order valence-electron chi connectivity index (χ4n) is 3.53. The van der Waals surface area contributed by atoms with Gasteiger partial charge in [-0.05, 0) is 18.2 Å². The quantitative estimate of drug-likeness (QED) is 0.404. The Morgan fingerprint density at radius 2 is 1.70 bits per heavy atom. The van der Waals surface area contributed by atoms with Gasteiger partial charge in [-0.15, -0.1) is 0 Å². The highest BCUT2D eigenvalue weighted by molar-refractivity contribution is 5.90. The van der Waals surface area contributed by atoms with E-state index in [1.165, 1.54) is 6.07 Å². The maximum atomic E-state index is 12.1. The van der Waals surface area contributed by atoms with Gasteiger partial charge in [0.1, 0.15) is 11.7 Å². The topological polar surface area (TPSA) is 118 Å². The van der Waals surface area contributed by atoms with Gasteiger partial charge in [-0.3, -0.25) is 9.78 Å². The molecule has 146 valence electrons. The van der Waals surface area contributed by atoms with E-state index >= 15 is 0 Å². The number of aliphatic hydroxyl groups excluding tert-OH is 1. The van der Waals surface area contributed by atoms with Crippen molar-refractivity contribution in [3.05, 3.63) is 88.8 Å². The van der Waals surface area contributed by atoms with Crippen LogP contribution in [-0.4, -0.2) is 25.0 Å². The third-order valence-electron chi connectivity index (χ3n) is 4.94. The van der Waals surface area contributed by atoms with Crippen LogP contribution < -0.4 is 11.3 Å². The molecule has 1 atom stereocenters. The molecular formula is C23H17N5O2. The molecule has 7 heteroatoms. The van der Waals surface area contributed by atoms with E-state index in [0.717, 1.165) is 22.0 Å². The Morgan fingerprint density at radius 1 is 0.900 bits per heavy atom. The van der Waals surface area contributed by atoms with E-state index in [-0.39, 0.29) is 11.2 Å². The largest absolute Gasteiger partial charge is 0.374 e. The van der Waals surface area contributed by atoms with Gasteiger partial charge in [0.15, 0.2) is 5.65 Å². The smallest absolute Gasteiger partial charge is 0.250 e. The first kappa shape index (κ1) is 18.1. The number of aromatic amines is 1. The fourth-order valence-corrected chi connectivity index (χ4v) is 3.53. The van der Waals surface area contributed by atoms with Crippen molar-refractivity contribution in [3.8, 4) is 22.5 Å². The van der Waals surface area contributed by atoms with Crippen LogP contribution in [-0.2, 0) is 0 Å². The summed E-state index contributed by atoms with van der Waals surface area (Å²) in [6.07, 6.45) is 0.402. The molecule has 0 aliphatic carbocycles. The number of hydrogen-bond acceptors (Lipinski definition) is 6. The lowest BCUT2D eigenvalue weighted by Gasteiger charge is -2.13. The monoisotopic (exact) mass is 395 g/mol. The molecule has 0 radical (unpaired) electrons. The summed E-state index contributed by atoms with van der Waals surface area (Å²) in [6, 6.07) is 20.6. The van der Waals surface area contributed by atoms with Crippen LogP contribution in [0.1, 0.15) is 11.8 Å². The average molecular weight is 395 g/mol. The Bertz CT molecular complexity index is 1450. The van der Waals surface area contributed by atoms with Gasteiger partial charge in [-0.1, -0.05) is 42.5 Å². The third kappa shape index (κ3) is 3.12. The summed E-state index contributed by atoms with van der Waals surface area (Å²) < 4.78 is 0. The summed E-state index contributed by atoms with van der Waals surface area (Å²) in [7, 11) is 0. The molecule has 2 aromatic carbocycles. The van der Waals surface area contributed by atoms with E-state index in [4.69, 9.17) is 15.7 Å². The molecule has 1 unspecified atom stereocenters. The van der Waals surface area contributed by atoms with Gasteiger partial charge in [0.05, 0.1) is 16.9 Å². The molecule has 0 spiro atoms. The van der Waals surface area contributed by atoms with Crippen molar-refractivity contribution in [3.63, 3.8) is 0 Å². The predicted molar refractivity (Wildman–Crippen MR) is 115 cm³/mol. The minimum atomic E-state index is -1.35. The Morgan fingerprint density at radius 3 is 2.50 bits per heavy atom. The average Bonchev–Trinajstić information content (AvgIpc) is 2.78. The molecule has 3 heterocycles. The molecule has 5 aromatic rings. The molecule has 3 aromatic heterocycles. The van der Waals surface area contributed by atoms with Gasteiger partial charge in [-0.25, -0.2) is 9.97 Å². The maximum absolute atomic E-state index is 12.1. The molecule has 0 fully saturated rings. The minimum absolute atomic E-state index is 0.226. The van der Waals surface area contributed by atoms with Crippen LogP contribution >= 0.6 is 0 Å². The summed E-state index contributed by atoms with van der Waals surface area (Å²) >= 11 is 0. The van der Waals surface area contributed by atoms with Gasteiger partial charge in [0.2, 0.25) is 5.56 Å². The summed E-state index contributed by atoms with van der Waals surface area (Å²) in [4.78, 5) is 28.6. The van der Waals surface area contributed by atoms with Crippen molar-refractivity contribution in [1.29, 1.82) is 0 Å². The van der Waals surface area contributed by atoms with Crippen molar-refractivity contribution in [2.24, 2.45) is 5.73 Å². The zero-order chi connectivity index (χ0) is 20.7. The highest BCUT2D eigenvalue weighted by Crippen LogP contribution is 2.32. The molecule has 0 amide bonds. The number of hydrogen-bond donors (Lipinski definition) is 3. The van der Waals surface area contributed by atoms with Crippen LogP contribution in [0.2, 0.25) is 0 Å². The zero-order valence-electron chi connectivity index (χ0n) is 15.8. The van der Waals surface area contributed by atoms with Gasteiger partial charge < -0.3 is 15.8 Å². The summed E-state index contributed by atoms with van der Waals surface area (Å²) in [6.45, 7) is 0. The van der Waals surface area contributed by atoms with Crippen LogP contribution in [0.4, 0.5) is 0 Å². The van der Waals surface area contributed by atoms with E-state index in [0.29, 0.717) is 16.9 Å². The van der Waals surface area contributed by atoms with Gasteiger partial charge in [0, 0.05) is 34.3 Å². The normalized spacial score (nSPS) is 12.3. The Kier molecular flexibility index (Phi) is 4.31. The molecule has 0 saturated carbocycles. The first-order valence-electron chi connectivity index (χ1n) is 9.39. The van der Waals surface area contributed by atoms with E-state index < -0.39 is 11.8 Å². The van der Waals surface area contributed by atoms with E-state index in [9.17, 15) is 9.90 Å². The SMILES string of the molecule is NC(O)c1cc(=O)[nH]c2nc(-c3ccccc3)c(-c3ccc4ncccc4c3)nc12. The summed E-state index contributed by atoms with van der Waals surface area (Å²) in [5.74, 6) is 0. The van der Waals surface area contributed by atoms with Crippen LogP contribution in [0.5, 0.6) is 0 Å². The predicted octanol–water partition coefficient (Wildman–Crippen LogP) is 3.15. The van der Waals surface area contributed by atoms with Gasteiger partial charge in [-0.2, -0.15) is 0 Å². The number of pyridine rings is 2. The van der Waals surface area contributed by atoms with Crippen LogP contribution in [0.15, 0.2) is 77.7 Å².